The van der Waals surface area contributed by atoms with Crippen molar-refractivity contribution in [2.24, 2.45) is 0 Å². The highest BCUT2D eigenvalue weighted by Crippen LogP contribution is 2.05. The average Bonchev–Trinajstić information content (AvgIpc) is 1.66. The van der Waals surface area contributed by atoms with E-state index in [-0.39, 0.29) is 6.79 Å². The molecule has 0 N–H and O–H groups in total. The van der Waals surface area contributed by atoms with E-state index in [1.54, 1.807) is 0 Å². The van der Waals surface area contributed by atoms with Gasteiger partial charge in [-0.2, -0.15) is 4.52 Å². The summed E-state index contributed by atoms with van der Waals surface area (Å²) in [6, 6.07) is 0. The van der Waals surface area contributed by atoms with Crippen LogP contribution in [0.4, 0.5) is 0 Å². The second-order valence-electron chi connectivity index (χ2n) is 1.07. The van der Waals surface area contributed by atoms with Crippen LogP contribution < -0.4 is 4.89 Å². The molecule has 1 unspecified atom stereocenters. The van der Waals surface area contributed by atoms with E-state index in [4.69, 9.17) is 4.74 Å². The van der Waals surface area contributed by atoms with Crippen molar-refractivity contribution in [1.29, 1.82) is 0 Å². The minimum atomic E-state index is -1.74. The Morgan fingerprint density at radius 2 is 2.38 bits per heavy atom. The van der Waals surface area contributed by atoms with Crippen LogP contribution in [0.25, 0.3) is 0 Å². The molecule has 0 aromatic rings. The van der Waals surface area contributed by atoms with E-state index in [0.717, 1.165) is 0 Å². The molecule has 48 valence electrons. The third-order valence-electron chi connectivity index (χ3n) is 0.484. The van der Waals surface area contributed by atoms with Gasteiger partial charge in [-0.25, -0.2) is 0 Å². The molecular weight excluding hydrogens is 127 g/mol. The lowest BCUT2D eigenvalue weighted by Gasteiger charge is -1.95. The normalized spacial score (nSPS) is 11.5. The van der Waals surface area contributed by atoms with Gasteiger partial charge < -0.3 is 9.63 Å². The number of rotatable bonds is 4. The van der Waals surface area contributed by atoms with E-state index in [9.17, 15) is 4.89 Å². The molecule has 0 rings (SSSR count). The highest BCUT2D eigenvalue weighted by atomic mass is 31.1. The van der Waals surface area contributed by atoms with Crippen LogP contribution in [0.2, 0.25) is 0 Å². The molecule has 0 aliphatic heterocycles. The van der Waals surface area contributed by atoms with Gasteiger partial charge in [-0.3, -0.25) is 0 Å². The lowest BCUT2D eigenvalue weighted by Crippen LogP contribution is -1.97. The van der Waals surface area contributed by atoms with Crippen LogP contribution in [0.3, 0.4) is 0 Å². The van der Waals surface area contributed by atoms with Gasteiger partial charge in [-0.15, -0.1) is 0 Å². The van der Waals surface area contributed by atoms with Gasteiger partial charge in [-0.05, 0) is 6.92 Å². The highest BCUT2D eigenvalue weighted by molar-refractivity contribution is 7.43. The number of ether oxygens (including phenoxy) is 1. The van der Waals surface area contributed by atoms with Crippen LogP contribution in [0.5, 0.6) is 0 Å². The summed E-state index contributed by atoms with van der Waals surface area (Å²) >= 11 is 0. The maximum Gasteiger partial charge on any atom is 0.216 e. The van der Waals surface area contributed by atoms with E-state index in [1.165, 1.54) is 0 Å². The molecule has 0 saturated heterocycles. The second kappa shape index (κ2) is 5.19. The van der Waals surface area contributed by atoms with Crippen molar-refractivity contribution >= 4 is 14.3 Å². The van der Waals surface area contributed by atoms with Gasteiger partial charge in [-0.1, -0.05) is 0 Å². The van der Waals surface area contributed by atoms with E-state index >= 15 is 0 Å². The largest absolute Gasteiger partial charge is 0.603 e. The summed E-state index contributed by atoms with van der Waals surface area (Å²) in [5.41, 5.74) is 0. The molecule has 0 aromatic heterocycles. The second-order valence-corrected chi connectivity index (χ2v) is 2.00. The Morgan fingerprint density at radius 3 is 2.75 bits per heavy atom. The molecule has 0 aromatic carbocycles. The Labute approximate surface area is 49.8 Å². The third-order valence-corrected chi connectivity index (χ3v) is 0.878. The fraction of sp³-hybridized carbons (Fsp3) is 0.750. The number of hydrogen-bond acceptors (Lipinski definition) is 3. The monoisotopic (exact) mass is 136 g/mol. The molecular formula is C4H9O3P. The first kappa shape index (κ1) is 8.05. The predicted molar refractivity (Wildman–Crippen MR) is 31.6 cm³/mol. The molecule has 0 radical (unpaired) electrons. The third kappa shape index (κ3) is 6.05. The lowest BCUT2D eigenvalue weighted by molar-refractivity contribution is -0.179. The molecule has 4 heteroatoms. The molecule has 0 spiro atoms. The van der Waals surface area contributed by atoms with Crippen molar-refractivity contribution in [3.63, 3.8) is 0 Å². The van der Waals surface area contributed by atoms with Crippen molar-refractivity contribution < 1.29 is 14.2 Å². The summed E-state index contributed by atoms with van der Waals surface area (Å²) in [7, 11) is -1.74. The number of hydrogen-bond donors (Lipinski definition) is 0. The van der Waals surface area contributed by atoms with Crippen LogP contribution in [0, 0.1) is 0 Å². The molecule has 0 aliphatic rings. The maximum atomic E-state index is 10.1. The van der Waals surface area contributed by atoms with Gasteiger partial charge in [0.05, 0.1) is 0 Å². The quantitative estimate of drug-likeness (QED) is 0.312. The van der Waals surface area contributed by atoms with Crippen LogP contribution in [-0.4, -0.2) is 19.7 Å². The molecule has 0 fully saturated rings. The van der Waals surface area contributed by atoms with Gasteiger partial charge in [0, 0.05) is 6.61 Å². The zero-order valence-corrected chi connectivity index (χ0v) is 5.69. The zero-order valence-electron chi connectivity index (χ0n) is 4.79. The summed E-state index contributed by atoms with van der Waals surface area (Å²) < 4.78 is 9.16. The molecule has 0 amide bonds. The van der Waals surface area contributed by atoms with Crippen LogP contribution in [-0.2, 0) is 9.26 Å². The van der Waals surface area contributed by atoms with E-state index < -0.39 is 8.00 Å². The van der Waals surface area contributed by atoms with Crippen molar-refractivity contribution in [1.82, 2.24) is 0 Å². The molecule has 3 nitrogen and oxygen atoms in total. The van der Waals surface area contributed by atoms with E-state index in [2.05, 4.69) is 10.8 Å². The standard InChI is InChI=1S/C4H9O3P/c1-3-6-4-7-8(2)5/h2-4H2,1H3. The summed E-state index contributed by atoms with van der Waals surface area (Å²) in [5, 5.41) is 0. The Morgan fingerprint density at radius 1 is 1.75 bits per heavy atom. The first-order valence-corrected chi connectivity index (χ1v) is 3.62. The Hall–Kier alpha value is 0.0500. The minimum absolute atomic E-state index is 0.0786. The first-order valence-electron chi connectivity index (χ1n) is 2.25. The highest BCUT2D eigenvalue weighted by Gasteiger charge is 1.88. The summed E-state index contributed by atoms with van der Waals surface area (Å²) in [6.07, 6.45) is 3.12. The summed E-state index contributed by atoms with van der Waals surface area (Å²) in [5.74, 6) is 0. The fourth-order valence-electron chi connectivity index (χ4n) is 0.179. The topological polar surface area (TPSA) is 41.5 Å². The Bertz CT molecular complexity index is 73.7. The average molecular weight is 136 g/mol. The van der Waals surface area contributed by atoms with Crippen molar-refractivity contribution in [2.75, 3.05) is 13.4 Å². The van der Waals surface area contributed by atoms with Gasteiger partial charge in [0.25, 0.3) is 0 Å². The van der Waals surface area contributed by atoms with Crippen molar-refractivity contribution in [3.05, 3.63) is 0 Å². The molecule has 0 bridgehead atoms. The van der Waals surface area contributed by atoms with E-state index in [1.807, 2.05) is 6.92 Å². The van der Waals surface area contributed by atoms with Gasteiger partial charge in [0.1, 0.15) is 6.30 Å². The van der Waals surface area contributed by atoms with Crippen LogP contribution in [0.1, 0.15) is 6.92 Å². The summed E-state index contributed by atoms with van der Waals surface area (Å²) in [6.45, 7) is 2.48. The van der Waals surface area contributed by atoms with Gasteiger partial charge >= 0.3 is 0 Å². The Kier molecular flexibility index (Phi) is 5.22. The molecule has 0 heterocycles. The van der Waals surface area contributed by atoms with Crippen LogP contribution >= 0.6 is 8.00 Å². The summed E-state index contributed by atoms with van der Waals surface area (Å²) in [4.78, 5) is 10.1. The molecule has 0 saturated carbocycles. The van der Waals surface area contributed by atoms with E-state index in [0.29, 0.717) is 6.61 Å². The molecule has 8 heavy (non-hydrogen) atoms. The predicted octanol–water partition coefficient (Wildman–Crippen LogP) is 0.101. The van der Waals surface area contributed by atoms with Gasteiger partial charge in [0.2, 0.25) is 8.00 Å². The van der Waals surface area contributed by atoms with Crippen molar-refractivity contribution in [3.8, 4) is 0 Å². The smallest absolute Gasteiger partial charge is 0.216 e. The van der Waals surface area contributed by atoms with Crippen LogP contribution in [0.15, 0.2) is 0 Å². The van der Waals surface area contributed by atoms with Gasteiger partial charge in [0.15, 0.2) is 6.79 Å². The minimum Gasteiger partial charge on any atom is -0.603 e. The first-order chi connectivity index (χ1) is 3.77. The zero-order chi connectivity index (χ0) is 6.41. The fourth-order valence-corrected chi connectivity index (χ4v) is 0.371. The lowest BCUT2D eigenvalue weighted by atomic mass is 10.9. The SMILES string of the molecule is C=[P+]([O-])OCOCC. The molecule has 0 aliphatic carbocycles. The Balaban J connectivity index is 2.82. The maximum absolute atomic E-state index is 10.1. The van der Waals surface area contributed by atoms with Crippen molar-refractivity contribution in [2.45, 2.75) is 6.92 Å². The molecule has 1 atom stereocenters.